The zero-order valence-electron chi connectivity index (χ0n) is 10.4. The monoisotopic (exact) mass is 247 g/mol. The van der Waals surface area contributed by atoms with Crippen molar-refractivity contribution in [2.45, 2.75) is 25.3 Å². The molecule has 3 N–H and O–H groups in total. The molecule has 0 spiro atoms. The van der Waals surface area contributed by atoms with E-state index in [-0.39, 0.29) is 5.54 Å². The van der Waals surface area contributed by atoms with Gasteiger partial charge in [0.05, 0.1) is 12.1 Å². The maximum absolute atomic E-state index is 5.72. The van der Waals surface area contributed by atoms with Crippen LogP contribution in [0.3, 0.4) is 0 Å². The van der Waals surface area contributed by atoms with Crippen LogP contribution in [0.5, 0.6) is 0 Å². The van der Waals surface area contributed by atoms with E-state index in [4.69, 9.17) is 14.9 Å². The maximum Gasteiger partial charge on any atom is 0.296 e. The number of nitrogens with one attached hydrogen (secondary N) is 1. The summed E-state index contributed by atoms with van der Waals surface area (Å²) in [6.07, 6.45) is 2.10. The molecule has 5 nitrogen and oxygen atoms in total. The Morgan fingerprint density at radius 2 is 2.33 bits per heavy atom. The van der Waals surface area contributed by atoms with Crippen LogP contribution in [0.1, 0.15) is 19.8 Å². The van der Waals surface area contributed by atoms with Gasteiger partial charge in [0.2, 0.25) is 0 Å². The number of nitrogen functional groups attached to an aromatic ring is 1. The van der Waals surface area contributed by atoms with Crippen LogP contribution in [0, 0.1) is 0 Å². The number of oxazole rings is 1. The second kappa shape index (κ2) is 4.17. The minimum Gasteiger partial charge on any atom is -0.424 e. The fourth-order valence-corrected chi connectivity index (χ4v) is 2.29. The molecule has 5 heteroatoms. The lowest BCUT2D eigenvalue weighted by atomic mass is 9.95. The summed E-state index contributed by atoms with van der Waals surface area (Å²) in [6.45, 7) is 3.63. The van der Waals surface area contributed by atoms with E-state index < -0.39 is 0 Å². The lowest BCUT2D eigenvalue weighted by Crippen LogP contribution is -2.43. The first kappa shape index (κ1) is 11.3. The number of aromatic nitrogens is 1. The quantitative estimate of drug-likeness (QED) is 0.797. The summed E-state index contributed by atoms with van der Waals surface area (Å²) in [5.41, 5.74) is 7.82. The number of hydrogen-bond acceptors (Lipinski definition) is 5. The molecule has 1 aromatic heterocycles. The van der Waals surface area contributed by atoms with Gasteiger partial charge in [0.25, 0.3) is 6.01 Å². The van der Waals surface area contributed by atoms with Crippen LogP contribution in [-0.4, -0.2) is 23.7 Å². The summed E-state index contributed by atoms with van der Waals surface area (Å²) in [5.74, 6) is 0. The Hall–Kier alpha value is -1.75. The van der Waals surface area contributed by atoms with Gasteiger partial charge in [0.15, 0.2) is 5.58 Å². The predicted octanol–water partition coefficient (Wildman–Crippen LogP) is 2.39. The minimum atomic E-state index is -0.106. The summed E-state index contributed by atoms with van der Waals surface area (Å²) < 4.78 is 11.2. The van der Waals surface area contributed by atoms with Gasteiger partial charge in [-0.05, 0) is 38.0 Å². The molecule has 1 aliphatic heterocycles. The lowest BCUT2D eigenvalue weighted by Gasteiger charge is -2.33. The second-order valence-corrected chi connectivity index (χ2v) is 5.09. The molecule has 0 bridgehead atoms. The zero-order valence-corrected chi connectivity index (χ0v) is 10.4. The summed E-state index contributed by atoms with van der Waals surface area (Å²) in [7, 11) is 0. The Labute approximate surface area is 105 Å². The van der Waals surface area contributed by atoms with E-state index in [0.29, 0.717) is 18.3 Å². The number of fused-ring (bicyclic) bond motifs is 1. The Balaban J connectivity index is 1.86. The van der Waals surface area contributed by atoms with Crippen LogP contribution < -0.4 is 11.1 Å². The molecule has 0 radical (unpaired) electrons. The molecule has 96 valence electrons. The van der Waals surface area contributed by atoms with Crippen molar-refractivity contribution in [1.29, 1.82) is 0 Å². The number of anilines is 2. The number of benzene rings is 1. The van der Waals surface area contributed by atoms with Gasteiger partial charge in [0, 0.05) is 12.3 Å². The van der Waals surface area contributed by atoms with E-state index >= 15 is 0 Å². The summed E-state index contributed by atoms with van der Waals surface area (Å²) >= 11 is 0. The van der Waals surface area contributed by atoms with Crippen molar-refractivity contribution in [3.05, 3.63) is 18.2 Å². The van der Waals surface area contributed by atoms with Crippen molar-refractivity contribution in [1.82, 2.24) is 4.98 Å². The van der Waals surface area contributed by atoms with E-state index in [2.05, 4.69) is 17.2 Å². The molecule has 1 unspecified atom stereocenters. The highest BCUT2D eigenvalue weighted by atomic mass is 16.5. The molecule has 1 fully saturated rings. The molecule has 18 heavy (non-hydrogen) atoms. The third kappa shape index (κ3) is 2.13. The first-order valence-corrected chi connectivity index (χ1v) is 6.17. The Kier molecular flexibility index (Phi) is 2.63. The Bertz CT molecular complexity index is 558. The van der Waals surface area contributed by atoms with Crippen molar-refractivity contribution < 1.29 is 9.15 Å². The van der Waals surface area contributed by atoms with Gasteiger partial charge < -0.3 is 20.2 Å². The molecule has 2 aromatic rings. The van der Waals surface area contributed by atoms with Crippen molar-refractivity contribution in [3.63, 3.8) is 0 Å². The number of hydrogen-bond donors (Lipinski definition) is 2. The van der Waals surface area contributed by atoms with Crippen LogP contribution in [0.2, 0.25) is 0 Å². The highest BCUT2D eigenvalue weighted by molar-refractivity contribution is 5.78. The molecule has 1 saturated heterocycles. The van der Waals surface area contributed by atoms with Crippen molar-refractivity contribution >= 4 is 22.8 Å². The van der Waals surface area contributed by atoms with Crippen molar-refractivity contribution in [2.75, 3.05) is 24.3 Å². The van der Waals surface area contributed by atoms with E-state index in [1.165, 1.54) is 0 Å². The molecular weight excluding hydrogens is 230 g/mol. The Morgan fingerprint density at radius 3 is 3.11 bits per heavy atom. The van der Waals surface area contributed by atoms with Gasteiger partial charge in [-0.1, -0.05) is 0 Å². The molecule has 1 aromatic carbocycles. The van der Waals surface area contributed by atoms with Gasteiger partial charge in [-0.2, -0.15) is 4.98 Å². The fraction of sp³-hybridized carbons (Fsp3) is 0.462. The molecule has 1 atom stereocenters. The van der Waals surface area contributed by atoms with E-state index in [1.807, 2.05) is 18.2 Å². The van der Waals surface area contributed by atoms with Gasteiger partial charge in [-0.25, -0.2) is 0 Å². The average Bonchev–Trinajstić information content (AvgIpc) is 2.70. The topological polar surface area (TPSA) is 73.3 Å². The lowest BCUT2D eigenvalue weighted by molar-refractivity contribution is 0.0531. The number of nitrogens with zero attached hydrogens (tertiary/aromatic N) is 1. The van der Waals surface area contributed by atoms with E-state index in [0.717, 1.165) is 30.5 Å². The molecular formula is C13H17N3O2. The van der Waals surface area contributed by atoms with Crippen LogP contribution >= 0.6 is 0 Å². The summed E-state index contributed by atoms with van der Waals surface area (Å²) in [5, 5.41) is 3.32. The van der Waals surface area contributed by atoms with Gasteiger partial charge in [-0.3, -0.25) is 0 Å². The SMILES string of the molecule is CC1(Nc2nc3cc(N)ccc3o2)CCCOC1. The molecule has 0 amide bonds. The molecule has 1 aliphatic rings. The first-order chi connectivity index (χ1) is 8.65. The van der Waals surface area contributed by atoms with Crippen LogP contribution in [0.15, 0.2) is 22.6 Å². The number of nitrogens with two attached hydrogens (primary N) is 1. The van der Waals surface area contributed by atoms with Crippen LogP contribution in [0.25, 0.3) is 11.1 Å². The summed E-state index contributed by atoms with van der Waals surface area (Å²) in [6, 6.07) is 5.98. The third-order valence-electron chi connectivity index (χ3n) is 3.26. The maximum atomic E-state index is 5.72. The van der Waals surface area contributed by atoms with Gasteiger partial charge in [-0.15, -0.1) is 0 Å². The smallest absolute Gasteiger partial charge is 0.296 e. The standard InChI is InChI=1S/C13H17N3O2/c1-13(5-2-6-17-8-13)16-12-15-10-7-9(14)3-4-11(10)18-12/h3-4,7H,2,5-6,8,14H2,1H3,(H,15,16). The average molecular weight is 247 g/mol. The summed E-state index contributed by atoms with van der Waals surface area (Å²) in [4.78, 5) is 4.40. The fourth-order valence-electron chi connectivity index (χ4n) is 2.29. The third-order valence-corrected chi connectivity index (χ3v) is 3.26. The van der Waals surface area contributed by atoms with Gasteiger partial charge in [0.1, 0.15) is 5.52 Å². The van der Waals surface area contributed by atoms with Crippen molar-refractivity contribution in [2.24, 2.45) is 0 Å². The number of rotatable bonds is 2. The molecule has 0 saturated carbocycles. The predicted molar refractivity (Wildman–Crippen MR) is 70.5 cm³/mol. The minimum absolute atomic E-state index is 0.106. The highest BCUT2D eigenvalue weighted by Gasteiger charge is 2.29. The largest absolute Gasteiger partial charge is 0.424 e. The molecule has 3 rings (SSSR count). The molecule has 2 heterocycles. The van der Waals surface area contributed by atoms with Crippen LogP contribution in [0.4, 0.5) is 11.7 Å². The Morgan fingerprint density at radius 1 is 1.44 bits per heavy atom. The van der Waals surface area contributed by atoms with Crippen molar-refractivity contribution in [3.8, 4) is 0 Å². The van der Waals surface area contributed by atoms with Gasteiger partial charge >= 0.3 is 0 Å². The first-order valence-electron chi connectivity index (χ1n) is 6.17. The zero-order chi connectivity index (χ0) is 12.6. The van der Waals surface area contributed by atoms with E-state index in [1.54, 1.807) is 0 Å². The number of ether oxygens (including phenoxy) is 1. The van der Waals surface area contributed by atoms with E-state index in [9.17, 15) is 0 Å². The van der Waals surface area contributed by atoms with Crippen LogP contribution in [-0.2, 0) is 4.74 Å². The second-order valence-electron chi connectivity index (χ2n) is 5.09. The normalized spacial score (nSPS) is 24.3. The highest BCUT2D eigenvalue weighted by Crippen LogP contribution is 2.26. The molecule has 0 aliphatic carbocycles.